The van der Waals surface area contributed by atoms with Crippen molar-refractivity contribution < 1.29 is 9.50 Å². The highest BCUT2D eigenvalue weighted by Gasteiger charge is 2.25. The van der Waals surface area contributed by atoms with Crippen LogP contribution < -0.4 is 0 Å². The molecule has 0 radical (unpaired) electrons. The van der Waals surface area contributed by atoms with Gasteiger partial charge in [0.05, 0.1) is 6.10 Å². The van der Waals surface area contributed by atoms with Crippen molar-refractivity contribution in [1.29, 1.82) is 0 Å². The van der Waals surface area contributed by atoms with E-state index in [9.17, 15) is 4.39 Å². The molecule has 0 bridgehead atoms. The minimum atomic E-state index is -0.997. The molecule has 0 heterocycles. The van der Waals surface area contributed by atoms with Gasteiger partial charge in [-0.05, 0) is 25.7 Å². The minimum Gasteiger partial charge on any atom is -0.390 e. The highest BCUT2D eigenvalue weighted by molar-refractivity contribution is 4.75. The maximum Gasteiger partial charge on any atom is 0.128 e. The molecule has 1 aliphatic rings. The van der Waals surface area contributed by atoms with Gasteiger partial charge in [0, 0.05) is 0 Å². The van der Waals surface area contributed by atoms with E-state index >= 15 is 0 Å². The van der Waals surface area contributed by atoms with Gasteiger partial charge < -0.3 is 5.11 Å². The summed E-state index contributed by atoms with van der Waals surface area (Å²) in [6, 6.07) is 0. The van der Waals surface area contributed by atoms with Crippen LogP contribution in [0.2, 0.25) is 0 Å². The van der Waals surface area contributed by atoms with Gasteiger partial charge in [0.25, 0.3) is 0 Å². The molecule has 1 rings (SSSR count). The normalized spacial score (nSPS) is 26.2. The molecule has 0 aromatic carbocycles. The second-order valence-corrected chi connectivity index (χ2v) is 3.94. The lowest BCUT2D eigenvalue weighted by Crippen LogP contribution is -2.26. The fourth-order valence-corrected chi connectivity index (χ4v) is 2.02. The summed E-state index contributed by atoms with van der Waals surface area (Å²) < 4.78 is 13.3. The van der Waals surface area contributed by atoms with Crippen LogP contribution in [0.5, 0.6) is 0 Å². The van der Waals surface area contributed by atoms with Gasteiger partial charge in [0.2, 0.25) is 0 Å². The number of rotatable bonds is 2. The quantitative estimate of drug-likeness (QED) is 0.638. The molecular formula is C10H19FO. The fourth-order valence-electron chi connectivity index (χ4n) is 2.02. The Morgan fingerprint density at radius 2 is 1.67 bits per heavy atom. The molecule has 0 amide bonds. The predicted octanol–water partition coefficient (Wildman–Crippen LogP) is 2.68. The van der Waals surface area contributed by atoms with Gasteiger partial charge in [-0.1, -0.05) is 25.7 Å². The van der Waals surface area contributed by atoms with E-state index in [1.165, 1.54) is 12.8 Å². The summed E-state index contributed by atoms with van der Waals surface area (Å²) in [7, 11) is 0. The van der Waals surface area contributed by atoms with Crippen LogP contribution in [0.1, 0.15) is 45.4 Å². The van der Waals surface area contributed by atoms with Gasteiger partial charge in [0.15, 0.2) is 0 Å². The molecule has 12 heavy (non-hydrogen) atoms. The predicted molar refractivity (Wildman–Crippen MR) is 47.8 cm³/mol. The summed E-state index contributed by atoms with van der Waals surface area (Å²) in [5, 5.41) is 9.09. The number of halogens is 1. The third-order valence-corrected chi connectivity index (χ3v) is 2.81. The molecule has 0 saturated heterocycles. The first-order valence-electron chi connectivity index (χ1n) is 5.04. The Morgan fingerprint density at radius 1 is 1.17 bits per heavy atom. The van der Waals surface area contributed by atoms with Crippen molar-refractivity contribution in [2.75, 3.05) is 0 Å². The molecule has 1 fully saturated rings. The Labute approximate surface area is 74.0 Å². The Morgan fingerprint density at radius 3 is 2.08 bits per heavy atom. The standard InChI is InChI=1S/C10H19FO/c1-8(12)10(11)9-6-4-2-3-5-7-9/h8-10,12H,2-7H2,1H3. The zero-order chi connectivity index (χ0) is 8.97. The average molecular weight is 174 g/mol. The second-order valence-electron chi connectivity index (χ2n) is 3.94. The number of alkyl halides is 1. The number of hydrogen-bond acceptors (Lipinski definition) is 1. The van der Waals surface area contributed by atoms with E-state index in [0.29, 0.717) is 0 Å². The Balaban J connectivity index is 2.37. The summed E-state index contributed by atoms with van der Waals surface area (Å²) in [6.07, 6.45) is 4.90. The highest BCUT2D eigenvalue weighted by Crippen LogP contribution is 2.28. The van der Waals surface area contributed by atoms with E-state index < -0.39 is 12.3 Å². The summed E-state index contributed by atoms with van der Waals surface area (Å²) in [5.41, 5.74) is 0. The van der Waals surface area contributed by atoms with Crippen LogP contribution >= 0.6 is 0 Å². The van der Waals surface area contributed by atoms with Crippen LogP contribution in [0.25, 0.3) is 0 Å². The first-order valence-corrected chi connectivity index (χ1v) is 5.04. The highest BCUT2D eigenvalue weighted by atomic mass is 19.1. The van der Waals surface area contributed by atoms with Gasteiger partial charge in [0.1, 0.15) is 6.17 Å². The lowest BCUT2D eigenvalue weighted by atomic mass is 9.92. The van der Waals surface area contributed by atoms with Gasteiger partial charge in [-0.2, -0.15) is 0 Å². The van der Waals surface area contributed by atoms with Crippen molar-refractivity contribution >= 4 is 0 Å². The molecule has 0 spiro atoms. The number of hydrogen-bond donors (Lipinski definition) is 1. The molecule has 1 aliphatic carbocycles. The second kappa shape index (κ2) is 4.80. The third kappa shape index (κ3) is 2.74. The molecular weight excluding hydrogens is 155 g/mol. The Bertz CT molecular complexity index is 117. The van der Waals surface area contributed by atoms with E-state index in [2.05, 4.69) is 0 Å². The summed E-state index contributed by atoms with van der Waals surface area (Å²) in [6.45, 7) is 1.55. The fraction of sp³-hybridized carbons (Fsp3) is 1.00. The smallest absolute Gasteiger partial charge is 0.128 e. The van der Waals surface area contributed by atoms with Crippen molar-refractivity contribution in [1.82, 2.24) is 0 Å². The van der Waals surface area contributed by atoms with Crippen LogP contribution in [0.15, 0.2) is 0 Å². The van der Waals surface area contributed by atoms with Crippen molar-refractivity contribution in [3.63, 3.8) is 0 Å². The lowest BCUT2D eigenvalue weighted by Gasteiger charge is -2.20. The van der Waals surface area contributed by atoms with Gasteiger partial charge in [-0.15, -0.1) is 0 Å². The molecule has 1 N–H and O–H groups in total. The SMILES string of the molecule is CC(O)C(F)C1CCCCCC1. The lowest BCUT2D eigenvalue weighted by molar-refractivity contribution is 0.0493. The first-order chi connectivity index (χ1) is 5.72. The van der Waals surface area contributed by atoms with E-state index in [1.54, 1.807) is 6.92 Å². The van der Waals surface area contributed by atoms with Crippen molar-refractivity contribution in [2.45, 2.75) is 57.7 Å². The average Bonchev–Trinajstić information content (AvgIpc) is 2.30. The molecule has 0 aromatic heterocycles. The molecule has 0 aliphatic heterocycles. The Hall–Kier alpha value is -0.110. The maximum atomic E-state index is 13.3. The van der Waals surface area contributed by atoms with E-state index in [4.69, 9.17) is 5.11 Å². The number of aliphatic hydroxyl groups is 1. The van der Waals surface area contributed by atoms with Gasteiger partial charge >= 0.3 is 0 Å². The van der Waals surface area contributed by atoms with Crippen LogP contribution in [-0.2, 0) is 0 Å². The summed E-state index contributed by atoms with van der Waals surface area (Å²) in [5.74, 6) is 0.118. The third-order valence-electron chi connectivity index (χ3n) is 2.81. The zero-order valence-corrected chi connectivity index (χ0v) is 7.80. The van der Waals surface area contributed by atoms with Crippen molar-refractivity contribution in [3.8, 4) is 0 Å². The van der Waals surface area contributed by atoms with Crippen molar-refractivity contribution in [3.05, 3.63) is 0 Å². The first kappa shape index (κ1) is 9.97. The van der Waals surface area contributed by atoms with Gasteiger partial charge in [-0.3, -0.25) is 0 Å². The number of aliphatic hydroxyl groups excluding tert-OH is 1. The van der Waals surface area contributed by atoms with E-state index in [-0.39, 0.29) is 5.92 Å². The molecule has 2 atom stereocenters. The summed E-state index contributed by atoms with van der Waals surface area (Å²) in [4.78, 5) is 0. The van der Waals surface area contributed by atoms with Crippen molar-refractivity contribution in [2.24, 2.45) is 5.92 Å². The minimum absolute atomic E-state index is 0.118. The topological polar surface area (TPSA) is 20.2 Å². The van der Waals surface area contributed by atoms with E-state index in [0.717, 1.165) is 25.7 Å². The molecule has 2 unspecified atom stereocenters. The molecule has 1 saturated carbocycles. The molecule has 0 aromatic rings. The largest absolute Gasteiger partial charge is 0.390 e. The van der Waals surface area contributed by atoms with Crippen LogP contribution in [0.4, 0.5) is 4.39 Å². The van der Waals surface area contributed by atoms with Crippen LogP contribution in [0, 0.1) is 5.92 Å². The Kier molecular flexibility index (Phi) is 3.99. The van der Waals surface area contributed by atoms with E-state index in [1.807, 2.05) is 0 Å². The zero-order valence-electron chi connectivity index (χ0n) is 7.80. The van der Waals surface area contributed by atoms with Crippen LogP contribution in [0.3, 0.4) is 0 Å². The monoisotopic (exact) mass is 174 g/mol. The molecule has 2 heteroatoms. The maximum absolute atomic E-state index is 13.3. The van der Waals surface area contributed by atoms with Gasteiger partial charge in [-0.25, -0.2) is 4.39 Å². The molecule has 1 nitrogen and oxygen atoms in total. The summed E-state index contributed by atoms with van der Waals surface area (Å²) >= 11 is 0. The molecule has 72 valence electrons. The van der Waals surface area contributed by atoms with Crippen LogP contribution in [-0.4, -0.2) is 17.4 Å².